The standard InChI is InChI=1S/C21H25NO2.CH4O3S/c23-17-5-4-16-11-20-18-3-1-2-7-21(18,19(16)12-17)8-9-22(20)13-15-6-10-24-14-15;1-5(2,3)4/h4-6,10,12,14,18,20,23H,1-3,7-9,11,13H2;1H3,(H,2,3,4). The number of phenols is 1. The second-order valence-electron chi connectivity index (χ2n) is 8.71. The van der Waals surface area contributed by atoms with Gasteiger partial charge in [0.2, 0.25) is 0 Å². The van der Waals surface area contributed by atoms with Gasteiger partial charge in [-0.05, 0) is 67.5 Å². The van der Waals surface area contributed by atoms with Gasteiger partial charge in [-0.15, -0.1) is 0 Å². The van der Waals surface area contributed by atoms with Crippen molar-refractivity contribution in [3.63, 3.8) is 0 Å². The van der Waals surface area contributed by atoms with Crippen LogP contribution in [0.5, 0.6) is 5.75 Å². The van der Waals surface area contributed by atoms with Crippen molar-refractivity contribution in [2.75, 3.05) is 12.8 Å². The molecule has 1 aromatic heterocycles. The zero-order valence-electron chi connectivity index (χ0n) is 16.8. The topological polar surface area (TPSA) is 91.0 Å². The summed E-state index contributed by atoms with van der Waals surface area (Å²) in [7, 11) is -3.67. The summed E-state index contributed by atoms with van der Waals surface area (Å²) in [6.45, 7) is 2.16. The van der Waals surface area contributed by atoms with Gasteiger partial charge < -0.3 is 9.52 Å². The van der Waals surface area contributed by atoms with E-state index in [0.717, 1.165) is 25.4 Å². The van der Waals surface area contributed by atoms with E-state index < -0.39 is 10.1 Å². The van der Waals surface area contributed by atoms with E-state index in [2.05, 4.69) is 23.1 Å². The number of phenolic OH excluding ortho intramolecular Hbond substituents is 1. The second kappa shape index (κ2) is 7.78. The molecule has 0 radical (unpaired) electrons. The first-order valence-electron chi connectivity index (χ1n) is 10.3. The molecule has 6 nitrogen and oxygen atoms in total. The van der Waals surface area contributed by atoms with Crippen LogP contribution in [0.4, 0.5) is 0 Å². The molecular weight excluding hydrogens is 390 g/mol. The minimum absolute atomic E-state index is 0.308. The van der Waals surface area contributed by atoms with Crippen molar-refractivity contribution in [2.24, 2.45) is 5.92 Å². The Morgan fingerprint density at radius 1 is 1.24 bits per heavy atom. The van der Waals surface area contributed by atoms with E-state index in [0.29, 0.717) is 23.5 Å². The SMILES string of the molecule is CS(=O)(=O)O.Oc1ccc2c(c1)C13CCCCC1C(C2)N(Cc1ccoc1)CC3. The van der Waals surface area contributed by atoms with Crippen LogP contribution < -0.4 is 0 Å². The summed E-state index contributed by atoms with van der Waals surface area (Å²) in [4.78, 5) is 2.69. The first-order chi connectivity index (χ1) is 13.8. The van der Waals surface area contributed by atoms with Gasteiger partial charge in [0.25, 0.3) is 10.1 Å². The molecule has 29 heavy (non-hydrogen) atoms. The average molecular weight is 420 g/mol. The molecule has 2 aromatic rings. The molecule has 1 saturated heterocycles. The lowest BCUT2D eigenvalue weighted by atomic mass is 9.52. The molecule has 2 heterocycles. The third-order valence-corrected chi connectivity index (χ3v) is 6.90. The highest BCUT2D eigenvalue weighted by atomic mass is 32.2. The van der Waals surface area contributed by atoms with Crippen LogP contribution in [-0.2, 0) is 28.5 Å². The van der Waals surface area contributed by atoms with Crippen LogP contribution in [0.2, 0.25) is 0 Å². The van der Waals surface area contributed by atoms with Crippen molar-refractivity contribution in [3.05, 3.63) is 53.5 Å². The van der Waals surface area contributed by atoms with Crippen LogP contribution in [0.3, 0.4) is 0 Å². The fourth-order valence-electron chi connectivity index (χ4n) is 5.89. The van der Waals surface area contributed by atoms with Gasteiger partial charge in [-0.25, -0.2) is 0 Å². The number of benzene rings is 1. The van der Waals surface area contributed by atoms with Crippen LogP contribution in [0.1, 0.15) is 48.8 Å². The third-order valence-electron chi connectivity index (χ3n) is 6.90. The number of aromatic hydroxyl groups is 1. The van der Waals surface area contributed by atoms with Gasteiger partial charge in [-0.3, -0.25) is 9.45 Å². The first kappa shape index (κ1) is 20.4. The number of rotatable bonds is 2. The van der Waals surface area contributed by atoms with Crippen molar-refractivity contribution in [1.29, 1.82) is 0 Å². The molecule has 1 saturated carbocycles. The normalized spacial score (nSPS) is 28.6. The highest BCUT2D eigenvalue weighted by Crippen LogP contribution is 2.56. The summed E-state index contributed by atoms with van der Waals surface area (Å²) < 4.78 is 31.1. The monoisotopic (exact) mass is 419 g/mol. The number of furan rings is 1. The molecular formula is C22H29NO5S. The van der Waals surface area contributed by atoms with E-state index in [1.165, 1.54) is 48.8 Å². The van der Waals surface area contributed by atoms with E-state index in [-0.39, 0.29) is 0 Å². The smallest absolute Gasteiger partial charge is 0.261 e. The van der Waals surface area contributed by atoms with Crippen LogP contribution in [0.15, 0.2) is 41.2 Å². The van der Waals surface area contributed by atoms with Crippen molar-refractivity contribution in [3.8, 4) is 5.75 Å². The number of hydrogen-bond donors (Lipinski definition) is 2. The van der Waals surface area contributed by atoms with Gasteiger partial charge in [0.1, 0.15) is 5.75 Å². The summed E-state index contributed by atoms with van der Waals surface area (Å²) in [5.74, 6) is 1.17. The quantitative estimate of drug-likeness (QED) is 0.721. The van der Waals surface area contributed by atoms with Crippen LogP contribution in [0, 0.1) is 5.92 Å². The Morgan fingerprint density at radius 3 is 2.76 bits per heavy atom. The van der Waals surface area contributed by atoms with Gasteiger partial charge in [-0.2, -0.15) is 8.42 Å². The summed E-state index contributed by atoms with van der Waals surface area (Å²) in [5, 5.41) is 10.1. The fraction of sp³-hybridized carbons (Fsp3) is 0.545. The van der Waals surface area contributed by atoms with Crippen molar-refractivity contribution in [2.45, 2.75) is 56.5 Å². The van der Waals surface area contributed by atoms with Crippen LogP contribution >= 0.6 is 0 Å². The number of piperidine rings is 1. The van der Waals surface area contributed by atoms with Gasteiger partial charge in [0, 0.05) is 23.6 Å². The maximum absolute atomic E-state index is 10.1. The highest BCUT2D eigenvalue weighted by Gasteiger charge is 2.53. The van der Waals surface area contributed by atoms with Crippen LogP contribution in [0.25, 0.3) is 0 Å². The third kappa shape index (κ3) is 4.22. The molecule has 0 spiro atoms. The Kier molecular flexibility index (Phi) is 5.48. The predicted molar refractivity (Wildman–Crippen MR) is 110 cm³/mol. The molecule has 5 rings (SSSR count). The Morgan fingerprint density at radius 2 is 2.03 bits per heavy atom. The molecule has 1 aromatic carbocycles. The van der Waals surface area contributed by atoms with E-state index >= 15 is 0 Å². The second-order valence-corrected chi connectivity index (χ2v) is 10.2. The summed E-state index contributed by atoms with van der Waals surface area (Å²) >= 11 is 0. The lowest BCUT2D eigenvalue weighted by molar-refractivity contribution is -0.0158. The molecule has 3 atom stereocenters. The number of likely N-dealkylation sites (tertiary alicyclic amines) is 1. The summed E-state index contributed by atoms with van der Waals surface area (Å²) in [6.07, 6.45) is 12.1. The van der Waals surface area contributed by atoms with E-state index in [9.17, 15) is 13.5 Å². The average Bonchev–Trinajstić information content (AvgIpc) is 3.16. The molecule has 158 valence electrons. The van der Waals surface area contributed by atoms with Gasteiger partial charge in [0.05, 0.1) is 18.8 Å². The number of fused-ring (bicyclic) bond motifs is 1. The van der Waals surface area contributed by atoms with Crippen molar-refractivity contribution < 1.29 is 22.5 Å². The number of hydrogen-bond acceptors (Lipinski definition) is 5. The maximum atomic E-state index is 10.1. The molecule has 7 heteroatoms. The molecule has 2 N–H and O–H groups in total. The molecule has 1 aliphatic heterocycles. The van der Waals surface area contributed by atoms with Crippen molar-refractivity contribution >= 4 is 10.1 Å². The zero-order valence-corrected chi connectivity index (χ0v) is 17.6. The predicted octanol–water partition coefficient (Wildman–Crippen LogP) is 3.75. The molecule has 0 amide bonds. The highest BCUT2D eigenvalue weighted by molar-refractivity contribution is 7.85. The summed E-state index contributed by atoms with van der Waals surface area (Å²) in [6, 6.07) is 8.85. The minimum atomic E-state index is -3.67. The maximum Gasteiger partial charge on any atom is 0.261 e. The largest absolute Gasteiger partial charge is 0.508 e. The Hall–Kier alpha value is -1.83. The summed E-state index contributed by atoms with van der Waals surface area (Å²) in [5.41, 5.74) is 4.52. The molecule has 2 bridgehead atoms. The molecule has 3 unspecified atom stereocenters. The first-order valence-corrected chi connectivity index (χ1v) is 12.1. The lowest BCUT2D eigenvalue weighted by Gasteiger charge is -2.59. The Bertz CT molecular complexity index is 948. The van der Waals surface area contributed by atoms with Crippen LogP contribution in [-0.4, -0.2) is 41.8 Å². The van der Waals surface area contributed by atoms with Gasteiger partial charge in [0.15, 0.2) is 0 Å². The molecule has 2 fully saturated rings. The van der Waals surface area contributed by atoms with E-state index in [4.69, 9.17) is 8.97 Å². The molecule has 3 aliphatic rings. The zero-order chi connectivity index (χ0) is 20.6. The lowest BCUT2D eigenvalue weighted by Crippen LogP contribution is -2.60. The van der Waals surface area contributed by atoms with Gasteiger partial charge in [-0.1, -0.05) is 18.9 Å². The Balaban J connectivity index is 0.000000369. The fourth-order valence-corrected chi connectivity index (χ4v) is 5.89. The van der Waals surface area contributed by atoms with Crippen molar-refractivity contribution in [1.82, 2.24) is 4.90 Å². The van der Waals surface area contributed by atoms with E-state index in [1.54, 1.807) is 6.26 Å². The number of nitrogens with zero attached hydrogens (tertiary/aromatic N) is 1. The Labute approximate surface area is 172 Å². The molecule has 2 aliphatic carbocycles. The van der Waals surface area contributed by atoms with Gasteiger partial charge >= 0.3 is 0 Å². The minimum Gasteiger partial charge on any atom is -0.508 e. The van der Waals surface area contributed by atoms with E-state index in [1.807, 2.05) is 12.3 Å².